The zero-order valence-electron chi connectivity index (χ0n) is 18.4. The Kier molecular flexibility index (Phi) is 12.4. The van der Waals surface area contributed by atoms with Crippen molar-refractivity contribution in [2.45, 2.75) is 11.3 Å². The van der Waals surface area contributed by atoms with Crippen molar-refractivity contribution in [2.24, 2.45) is 0 Å². The molecule has 1 unspecified atom stereocenters. The number of hydrogen-bond donors (Lipinski definition) is 1. The normalized spacial score (nSPS) is 18.9. The fourth-order valence-corrected chi connectivity index (χ4v) is 3.01. The Morgan fingerprint density at radius 3 is 1.75 bits per heavy atom. The lowest BCUT2D eigenvalue weighted by molar-refractivity contribution is 0.146. The summed E-state index contributed by atoms with van der Waals surface area (Å²) in [5.41, 5.74) is 1.28. The van der Waals surface area contributed by atoms with Crippen molar-refractivity contribution in [3.8, 4) is 17.2 Å². The SMILES string of the molecule is COc1ccc(O[B]O)cc1.COc1ccc([C@@H]2C=CCOC2)cc1.ClC1C=CCOC1. The molecule has 0 amide bonds. The predicted octanol–water partition coefficient (Wildman–Crippen LogP) is 4.15. The van der Waals surface area contributed by atoms with Gasteiger partial charge in [-0.1, -0.05) is 36.4 Å². The van der Waals surface area contributed by atoms with Crippen LogP contribution in [0.3, 0.4) is 0 Å². The molecule has 32 heavy (non-hydrogen) atoms. The highest BCUT2D eigenvalue weighted by Crippen LogP contribution is 2.22. The molecule has 4 rings (SSSR count). The van der Waals surface area contributed by atoms with E-state index in [0.29, 0.717) is 26.0 Å². The molecular formula is C24H29BClO6. The maximum absolute atomic E-state index is 8.27. The molecule has 171 valence electrons. The molecule has 6 nitrogen and oxygen atoms in total. The van der Waals surface area contributed by atoms with E-state index in [2.05, 4.69) is 28.9 Å². The third-order valence-corrected chi connectivity index (χ3v) is 4.78. The Labute approximate surface area is 195 Å². The van der Waals surface area contributed by atoms with E-state index in [-0.39, 0.29) is 5.38 Å². The number of rotatable bonds is 5. The fraction of sp³-hybridized carbons (Fsp3) is 0.333. The van der Waals surface area contributed by atoms with Gasteiger partial charge >= 0.3 is 7.69 Å². The largest absolute Gasteiger partial charge is 0.569 e. The monoisotopic (exact) mass is 459 g/mol. The van der Waals surface area contributed by atoms with Gasteiger partial charge in [0.1, 0.15) is 17.2 Å². The molecule has 2 aliphatic heterocycles. The minimum absolute atomic E-state index is 0.105. The van der Waals surface area contributed by atoms with Gasteiger partial charge in [-0.3, -0.25) is 0 Å². The van der Waals surface area contributed by atoms with Crippen LogP contribution in [0.25, 0.3) is 0 Å². The van der Waals surface area contributed by atoms with Gasteiger partial charge in [-0.15, -0.1) is 11.6 Å². The van der Waals surface area contributed by atoms with Gasteiger partial charge in [-0.2, -0.15) is 0 Å². The van der Waals surface area contributed by atoms with Crippen LogP contribution in [0.2, 0.25) is 0 Å². The molecule has 1 radical (unpaired) electrons. The van der Waals surface area contributed by atoms with E-state index in [1.54, 1.807) is 38.5 Å². The van der Waals surface area contributed by atoms with Crippen LogP contribution in [0, 0.1) is 0 Å². The number of benzene rings is 2. The average Bonchev–Trinajstić information content (AvgIpc) is 2.87. The van der Waals surface area contributed by atoms with E-state index < -0.39 is 0 Å². The first kappa shape index (κ1) is 25.8. The smallest absolute Gasteiger partial charge is 0.537 e. The maximum atomic E-state index is 8.27. The minimum Gasteiger partial charge on any atom is -0.537 e. The second-order valence-corrected chi connectivity index (χ2v) is 7.29. The molecule has 2 aromatic carbocycles. The summed E-state index contributed by atoms with van der Waals surface area (Å²) in [7, 11) is 3.91. The van der Waals surface area contributed by atoms with Gasteiger partial charge < -0.3 is 28.6 Å². The Balaban J connectivity index is 0.000000180. The van der Waals surface area contributed by atoms with Crippen molar-refractivity contribution in [2.75, 3.05) is 40.6 Å². The second-order valence-electron chi connectivity index (χ2n) is 6.73. The van der Waals surface area contributed by atoms with E-state index in [9.17, 15) is 0 Å². The standard InChI is InChI=1S/C12H14O2.C7H8BO3.C5H7ClO/c1-13-12-6-4-10(5-7-12)11-3-2-8-14-9-11;1-10-6-2-4-7(5-3-6)11-8-9;6-5-2-1-3-7-4-5/h2-7,11H,8-9H2,1H3;2-5,9H,1H3;1-2,5H,3-4H2/t11-;;/m1../s1. The van der Waals surface area contributed by atoms with Gasteiger partial charge in [0.15, 0.2) is 0 Å². The molecule has 0 fully saturated rings. The molecule has 2 aliphatic rings. The van der Waals surface area contributed by atoms with Crippen molar-refractivity contribution < 1.29 is 28.6 Å². The molecule has 1 N–H and O–H groups in total. The molecule has 2 aromatic rings. The lowest BCUT2D eigenvalue weighted by Crippen LogP contribution is -2.10. The van der Waals surface area contributed by atoms with E-state index in [1.165, 1.54) is 5.56 Å². The van der Waals surface area contributed by atoms with Crippen molar-refractivity contribution in [1.82, 2.24) is 0 Å². The highest BCUT2D eigenvalue weighted by molar-refractivity contribution is 6.21. The summed E-state index contributed by atoms with van der Waals surface area (Å²) in [5.74, 6) is 2.63. The Hall–Kier alpha value is -2.45. The lowest BCUT2D eigenvalue weighted by Gasteiger charge is -2.17. The Morgan fingerprint density at radius 1 is 0.812 bits per heavy atom. The summed E-state index contributed by atoms with van der Waals surface area (Å²) in [6.45, 7) is 2.91. The van der Waals surface area contributed by atoms with Crippen LogP contribution in [0.1, 0.15) is 11.5 Å². The molecule has 2 atom stereocenters. The van der Waals surface area contributed by atoms with Gasteiger partial charge in [0.25, 0.3) is 0 Å². The van der Waals surface area contributed by atoms with Gasteiger partial charge in [-0.25, -0.2) is 0 Å². The summed E-state index contributed by atoms with van der Waals surface area (Å²) in [4.78, 5) is 0. The Bertz CT molecular complexity index is 810. The number of halogens is 1. The van der Waals surface area contributed by atoms with Crippen molar-refractivity contribution >= 4 is 19.3 Å². The highest BCUT2D eigenvalue weighted by Gasteiger charge is 2.10. The van der Waals surface area contributed by atoms with E-state index >= 15 is 0 Å². The van der Waals surface area contributed by atoms with E-state index in [0.717, 1.165) is 31.3 Å². The number of alkyl halides is 1. The molecule has 2 heterocycles. The van der Waals surface area contributed by atoms with Crippen LogP contribution in [0.4, 0.5) is 0 Å². The summed E-state index contributed by atoms with van der Waals surface area (Å²) < 4.78 is 25.0. The Morgan fingerprint density at radius 2 is 1.34 bits per heavy atom. The zero-order chi connectivity index (χ0) is 23.0. The van der Waals surface area contributed by atoms with Crippen LogP contribution in [-0.2, 0) is 9.47 Å². The zero-order valence-corrected chi connectivity index (χ0v) is 19.1. The van der Waals surface area contributed by atoms with Crippen molar-refractivity contribution in [3.05, 3.63) is 78.4 Å². The molecule has 0 saturated heterocycles. The third kappa shape index (κ3) is 9.79. The van der Waals surface area contributed by atoms with Crippen LogP contribution >= 0.6 is 11.6 Å². The average molecular weight is 460 g/mol. The van der Waals surface area contributed by atoms with Crippen molar-refractivity contribution in [3.63, 3.8) is 0 Å². The van der Waals surface area contributed by atoms with Crippen LogP contribution in [0.15, 0.2) is 72.8 Å². The van der Waals surface area contributed by atoms with Gasteiger partial charge in [-0.05, 0) is 42.0 Å². The first-order valence-electron chi connectivity index (χ1n) is 10.2. The molecule has 8 heteroatoms. The maximum Gasteiger partial charge on any atom is 0.569 e. The quantitative estimate of drug-likeness (QED) is 0.412. The molecule has 0 spiro atoms. The van der Waals surface area contributed by atoms with Crippen LogP contribution in [0.5, 0.6) is 17.2 Å². The molecule has 0 bridgehead atoms. The minimum atomic E-state index is 0.105. The summed E-state index contributed by atoms with van der Waals surface area (Å²) in [5, 5.41) is 8.37. The van der Waals surface area contributed by atoms with Crippen LogP contribution < -0.4 is 14.1 Å². The molecule has 0 aromatic heterocycles. The second kappa shape index (κ2) is 15.4. The molecule has 0 aliphatic carbocycles. The van der Waals surface area contributed by atoms with Gasteiger partial charge in [0.2, 0.25) is 0 Å². The summed E-state index contributed by atoms with van der Waals surface area (Å²) in [6, 6.07) is 15.0. The number of ether oxygens (including phenoxy) is 4. The van der Waals surface area contributed by atoms with Gasteiger partial charge in [0.05, 0.1) is 46.0 Å². The topological polar surface area (TPSA) is 66.4 Å². The van der Waals surface area contributed by atoms with Crippen LogP contribution in [-0.4, -0.2) is 58.7 Å². The lowest BCUT2D eigenvalue weighted by atomic mass is 9.98. The fourth-order valence-electron chi connectivity index (χ4n) is 2.82. The first-order chi connectivity index (χ1) is 15.7. The summed E-state index contributed by atoms with van der Waals surface area (Å²) in [6.07, 6.45) is 8.15. The number of methoxy groups -OCH3 is 2. The molecule has 0 saturated carbocycles. The van der Waals surface area contributed by atoms with Crippen molar-refractivity contribution in [1.29, 1.82) is 0 Å². The third-order valence-electron chi connectivity index (χ3n) is 4.51. The number of hydrogen-bond acceptors (Lipinski definition) is 6. The van der Waals surface area contributed by atoms with E-state index in [4.69, 9.17) is 35.6 Å². The first-order valence-corrected chi connectivity index (χ1v) is 10.6. The van der Waals surface area contributed by atoms with Gasteiger partial charge in [0, 0.05) is 5.92 Å². The summed E-state index contributed by atoms with van der Waals surface area (Å²) >= 11 is 5.60. The highest BCUT2D eigenvalue weighted by atomic mass is 35.5. The molecular weight excluding hydrogens is 431 g/mol. The predicted molar refractivity (Wildman–Crippen MR) is 127 cm³/mol. The van der Waals surface area contributed by atoms with E-state index in [1.807, 2.05) is 24.3 Å².